The summed E-state index contributed by atoms with van der Waals surface area (Å²) in [7, 11) is -4.88. The molecule has 9 nitrogen and oxygen atoms in total. The van der Waals surface area contributed by atoms with Crippen molar-refractivity contribution in [3.05, 3.63) is 0 Å². The van der Waals surface area contributed by atoms with Crippen LogP contribution in [-0.2, 0) is 29.2 Å². The predicted octanol–water partition coefficient (Wildman–Crippen LogP) is -2.23. The zero-order chi connectivity index (χ0) is 15.1. The number of aliphatic carboxylic acids is 1. The third kappa shape index (κ3) is 6.17. The molecule has 19 heavy (non-hydrogen) atoms. The van der Waals surface area contributed by atoms with E-state index in [-0.39, 0.29) is 26.4 Å². The van der Waals surface area contributed by atoms with E-state index < -0.39 is 58.4 Å². The van der Waals surface area contributed by atoms with Crippen LogP contribution in [0.3, 0.4) is 0 Å². The van der Waals surface area contributed by atoms with E-state index in [1.54, 1.807) is 0 Å². The van der Waals surface area contributed by atoms with Crippen LogP contribution in [0.4, 0.5) is 0 Å². The van der Waals surface area contributed by atoms with E-state index >= 15 is 0 Å². The Kier molecular flexibility index (Phi) is 8.05. The van der Waals surface area contributed by atoms with Gasteiger partial charge in [0.2, 0.25) is 0 Å². The summed E-state index contributed by atoms with van der Waals surface area (Å²) in [5.74, 6) is -2.86. The number of esters is 1. The Morgan fingerprint density at radius 1 is 1.21 bits per heavy atom. The molecule has 0 fully saturated rings. The molecule has 0 aromatic carbocycles. The van der Waals surface area contributed by atoms with E-state index in [1.165, 1.54) is 0 Å². The van der Waals surface area contributed by atoms with E-state index in [9.17, 15) is 18.0 Å². The molecule has 0 aliphatic carbocycles. The number of hydrogen-bond donors (Lipinski definition) is 3. The Labute approximate surface area is 127 Å². The predicted molar refractivity (Wildman–Crippen MR) is 61.2 cm³/mol. The second-order valence-electron chi connectivity index (χ2n) is 3.75. The second-order valence-corrected chi connectivity index (χ2v) is 8.03. The molecule has 3 N–H and O–H groups in total. The van der Waals surface area contributed by atoms with Crippen molar-refractivity contribution in [1.82, 2.24) is 0 Å². The average molecular weight is 308 g/mol. The Morgan fingerprint density at radius 3 is 2.21 bits per heavy atom. The zero-order valence-electron chi connectivity index (χ0n) is 10.2. The van der Waals surface area contributed by atoms with Gasteiger partial charge in [-0.25, -0.2) is 0 Å². The van der Waals surface area contributed by atoms with Crippen molar-refractivity contribution in [2.24, 2.45) is 0 Å². The van der Waals surface area contributed by atoms with Crippen molar-refractivity contribution in [1.29, 1.82) is 0 Å². The molecule has 0 heterocycles. The van der Waals surface area contributed by atoms with E-state index in [2.05, 4.69) is 4.74 Å². The van der Waals surface area contributed by atoms with Gasteiger partial charge in [0.25, 0.3) is 0 Å². The normalized spacial score (nSPS) is 14.7. The third-order valence-corrected chi connectivity index (χ3v) is 5.95. The monoisotopic (exact) mass is 308 g/mol. The van der Waals surface area contributed by atoms with Crippen molar-refractivity contribution in [3.8, 4) is 0 Å². The zero-order valence-corrected chi connectivity index (χ0v) is 13.1. The summed E-state index contributed by atoms with van der Waals surface area (Å²) in [6, 6.07) is 0. The van der Waals surface area contributed by atoms with E-state index in [0.717, 1.165) is 0 Å². The van der Waals surface area contributed by atoms with Gasteiger partial charge in [0.15, 0.2) is 0 Å². The number of carboxylic acid groups (broad SMARTS) is 1. The van der Waals surface area contributed by atoms with Gasteiger partial charge in [0.1, 0.15) is 0 Å². The Bertz CT molecular complexity index is 420. The number of aliphatic hydroxyl groups is 1. The van der Waals surface area contributed by atoms with Gasteiger partial charge in [0.05, 0.1) is 0 Å². The van der Waals surface area contributed by atoms with Gasteiger partial charge in [-0.1, -0.05) is 0 Å². The van der Waals surface area contributed by atoms with Crippen LogP contribution in [0.15, 0.2) is 0 Å². The maximum atomic E-state index is 11.6. The molecule has 0 saturated carbocycles. The second kappa shape index (κ2) is 8.15. The van der Waals surface area contributed by atoms with Gasteiger partial charge in [0, 0.05) is 0 Å². The van der Waals surface area contributed by atoms with Crippen LogP contribution in [0, 0.1) is 0 Å². The Hall–Kier alpha value is -0.230. The van der Waals surface area contributed by atoms with Crippen molar-refractivity contribution >= 4 is 50.0 Å². The van der Waals surface area contributed by atoms with Crippen LogP contribution >= 0.6 is 0 Å². The van der Waals surface area contributed by atoms with Crippen molar-refractivity contribution in [2.45, 2.75) is 8.42 Å². The van der Waals surface area contributed by atoms with Gasteiger partial charge >= 0.3 is 127 Å². The van der Waals surface area contributed by atoms with Gasteiger partial charge in [-0.2, -0.15) is 0 Å². The van der Waals surface area contributed by atoms with Crippen molar-refractivity contribution < 1.29 is 42.2 Å². The summed E-state index contributed by atoms with van der Waals surface area (Å²) in [6.07, 6.45) is -1.06. The number of hydrogen-bond acceptors (Lipinski definition) is 7. The molecule has 0 amide bonds. The molecular weight excluding hydrogens is 295 g/mol. The first kappa shape index (κ1) is 18.8. The minimum absolute atomic E-state index is 0.0248. The van der Waals surface area contributed by atoms with Crippen molar-refractivity contribution in [2.75, 3.05) is 26.4 Å². The molecule has 0 radical (unpaired) electrons. The first-order valence-corrected chi connectivity index (χ1v) is 7.64. The number of ether oxygens (including phenoxy) is 2. The molecule has 11 heteroatoms. The van der Waals surface area contributed by atoms with Gasteiger partial charge < -0.3 is 0 Å². The van der Waals surface area contributed by atoms with Gasteiger partial charge in [-0.05, 0) is 0 Å². The summed E-state index contributed by atoms with van der Waals surface area (Å²) >= 11 is -0.445. The molecule has 0 bridgehead atoms. The van der Waals surface area contributed by atoms with E-state index in [4.69, 9.17) is 19.5 Å². The van der Waals surface area contributed by atoms with Crippen LogP contribution in [-0.4, -0.2) is 91.5 Å². The molecule has 106 valence electrons. The summed E-state index contributed by atoms with van der Waals surface area (Å²) in [4.78, 5) is 22.2. The summed E-state index contributed by atoms with van der Waals surface area (Å²) in [5, 5.41) is 17.0. The third-order valence-electron chi connectivity index (χ3n) is 2.19. The molecule has 1 unspecified atom stereocenters. The fourth-order valence-electron chi connectivity index (χ4n) is 1.07. The number of carbonyl (C=O) groups excluding carboxylic acids is 1. The average Bonchev–Trinajstić information content (AvgIpc) is 2.25. The minimum atomic E-state index is -4.88. The summed E-state index contributed by atoms with van der Waals surface area (Å²) < 4.78 is 38.1. The summed E-state index contributed by atoms with van der Waals surface area (Å²) in [5.41, 5.74) is 0. The molecule has 0 saturated heterocycles. The van der Waals surface area contributed by atoms with Crippen molar-refractivity contribution in [3.63, 3.8) is 0 Å². The number of rotatable bonds is 9. The topological polar surface area (TPSA) is 147 Å². The molecule has 0 aliphatic heterocycles. The standard InChI is InChI=1S/C8H13O9S.Na/c9-1-2-16-3-4-17-8(12)6(5-7(10)11)18(13,14)15;/h9H,1-5H2,(H,10,11)(H,13,14,15);. The van der Waals surface area contributed by atoms with Crippen LogP contribution in [0.1, 0.15) is 6.42 Å². The molecular formula is C8H13NaO9S. The van der Waals surface area contributed by atoms with Gasteiger partial charge in [-0.15, -0.1) is 0 Å². The Balaban J connectivity index is 4.63. The molecule has 0 aliphatic rings. The van der Waals surface area contributed by atoms with E-state index in [0.29, 0.717) is 0 Å². The molecule has 0 aromatic heterocycles. The molecule has 1 atom stereocenters. The fraction of sp³-hybridized carbons (Fsp3) is 0.750. The maximum absolute atomic E-state index is 11.6. The SMILES string of the molecule is O=C(O)C[C]([Na])(C(=O)OCCOCCO)S(=O)(=O)O. The van der Waals surface area contributed by atoms with Crippen LogP contribution in [0.5, 0.6) is 0 Å². The van der Waals surface area contributed by atoms with Crippen LogP contribution < -0.4 is 0 Å². The number of aliphatic hydroxyl groups excluding tert-OH is 1. The fourth-order valence-corrected chi connectivity index (χ4v) is 2.09. The molecule has 0 rings (SSSR count). The molecule has 0 aromatic rings. The first-order valence-electron chi connectivity index (χ1n) is 5.20. The van der Waals surface area contributed by atoms with Gasteiger partial charge in [-0.3, -0.25) is 0 Å². The Morgan fingerprint density at radius 2 is 1.79 bits per heavy atom. The number of carbonyl (C=O) groups is 2. The van der Waals surface area contributed by atoms with Crippen LogP contribution in [0.25, 0.3) is 0 Å². The molecule has 0 spiro atoms. The summed E-state index contributed by atoms with van der Waals surface area (Å²) in [6.45, 7) is -0.583. The quantitative estimate of drug-likeness (QED) is 0.186. The first-order chi connectivity index (χ1) is 8.65. The number of carboxylic acids is 1. The van der Waals surface area contributed by atoms with Crippen LogP contribution in [0.2, 0.25) is 0 Å². The van der Waals surface area contributed by atoms with E-state index in [1.807, 2.05) is 0 Å².